The third kappa shape index (κ3) is 2.46. The second-order valence-electron chi connectivity index (χ2n) is 6.20. The van der Waals surface area contributed by atoms with Gasteiger partial charge >= 0.3 is 0 Å². The van der Waals surface area contributed by atoms with Crippen molar-refractivity contribution >= 4 is 29.6 Å². The zero-order valence-electron chi connectivity index (χ0n) is 13.4. The van der Waals surface area contributed by atoms with Crippen molar-refractivity contribution in [3.63, 3.8) is 0 Å². The van der Waals surface area contributed by atoms with Gasteiger partial charge in [0.1, 0.15) is 24.4 Å². The van der Waals surface area contributed by atoms with E-state index in [1.807, 2.05) is 11.5 Å². The molecular weight excluding hydrogens is 330 g/mol. The Kier molecular flexibility index (Phi) is 4.11. The summed E-state index contributed by atoms with van der Waals surface area (Å²) < 4.78 is 13.8. The maximum absolute atomic E-state index is 10.5. The van der Waals surface area contributed by atoms with Crippen molar-refractivity contribution in [3.8, 4) is 0 Å². The third-order valence-electron chi connectivity index (χ3n) is 4.58. The fourth-order valence-electron chi connectivity index (χ4n) is 3.27. The number of aromatic nitrogens is 4. The number of aliphatic hydroxyl groups excluding tert-OH is 1. The van der Waals surface area contributed by atoms with E-state index in [4.69, 9.17) is 15.2 Å². The number of nitrogens with two attached hydrogens (primary N) is 1. The van der Waals surface area contributed by atoms with Gasteiger partial charge in [0.25, 0.3) is 0 Å². The molecule has 0 spiro atoms. The molecule has 1 aliphatic heterocycles. The number of imidazole rings is 1. The number of fused-ring (bicyclic) bond motifs is 1. The first-order valence-electron chi connectivity index (χ1n) is 8.20. The lowest BCUT2D eigenvalue weighted by molar-refractivity contribution is -0.0630. The Labute approximate surface area is 144 Å². The third-order valence-corrected chi connectivity index (χ3v) is 4.94. The van der Waals surface area contributed by atoms with Gasteiger partial charge in [0, 0.05) is 18.3 Å². The Bertz CT molecular complexity index is 750. The highest BCUT2D eigenvalue weighted by atomic mass is 32.1. The lowest BCUT2D eigenvalue weighted by atomic mass is 10.1. The molecule has 2 fully saturated rings. The summed E-state index contributed by atoms with van der Waals surface area (Å²) in [7, 11) is 0. The summed E-state index contributed by atoms with van der Waals surface area (Å²) in [6.45, 7) is 2.37. The van der Waals surface area contributed by atoms with E-state index in [0.29, 0.717) is 35.3 Å². The van der Waals surface area contributed by atoms with Crippen LogP contribution in [0, 0.1) is 0 Å². The summed E-state index contributed by atoms with van der Waals surface area (Å²) in [4.78, 5) is 13.1. The molecule has 9 heteroatoms. The quantitative estimate of drug-likeness (QED) is 0.686. The molecule has 8 nitrogen and oxygen atoms in total. The Morgan fingerprint density at radius 1 is 1.46 bits per heavy atom. The largest absolute Gasteiger partial charge is 0.387 e. The van der Waals surface area contributed by atoms with Gasteiger partial charge in [-0.1, -0.05) is 0 Å². The number of anilines is 1. The molecule has 24 heavy (non-hydrogen) atoms. The van der Waals surface area contributed by atoms with Gasteiger partial charge in [0.15, 0.2) is 23.2 Å². The molecule has 0 bridgehead atoms. The van der Waals surface area contributed by atoms with Gasteiger partial charge in [-0.05, 0) is 19.8 Å². The Balaban J connectivity index is 1.85. The first-order chi connectivity index (χ1) is 11.7. The number of hydrogen-bond donors (Lipinski definition) is 3. The molecule has 2 aromatic heterocycles. The summed E-state index contributed by atoms with van der Waals surface area (Å²) >= 11 is 4.28. The predicted molar refractivity (Wildman–Crippen MR) is 90.9 cm³/mol. The minimum Gasteiger partial charge on any atom is -0.387 e. The van der Waals surface area contributed by atoms with Crippen LogP contribution in [-0.2, 0) is 9.47 Å². The fourth-order valence-corrected chi connectivity index (χ4v) is 3.57. The monoisotopic (exact) mass is 351 g/mol. The van der Waals surface area contributed by atoms with E-state index < -0.39 is 24.5 Å². The molecule has 4 atom stereocenters. The average molecular weight is 351 g/mol. The van der Waals surface area contributed by atoms with Crippen LogP contribution in [0.25, 0.3) is 11.2 Å². The second-order valence-corrected chi connectivity index (χ2v) is 6.57. The van der Waals surface area contributed by atoms with Crippen molar-refractivity contribution in [1.29, 1.82) is 0 Å². The van der Waals surface area contributed by atoms with Gasteiger partial charge < -0.3 is 20.3 Å². The van der Waals surface area contributed by atoms with Crippen LogP contribution in [0.5, 0.6) is 0 Å². The first kappa shape index (κ1) is 16.1. The molecule has 3 heterocycles. The SMILES string of the molecule is CCO[C@@H]1[C@H](O)[C@@H](CS)O[C@H]1n1c(C2CC2)nc2c(N)ncnc21. The Morgan fingerprint density at radius 3 is 2.92 bits per heavy atom. The molecule has 1 aliphatic carbocycles. The number of aliphatic hydroxyl groups is 1. The number of nitrogens with zero attached hydrogens (tertiary/aromatic N) is 4. The molecule has 4 rings (SSSR count). The van der Waals surface area contributed by atoms with Crippen LogP contribution < -0.4 is 5.73 Å². The van der Waals surface area contributed by atoms with Gasteiger partial charge in [0.05, 0.1) is 6.10 Å². The van der Waals surface area contributed by atoms with Crippen LogP contribution in [0.2, 0.25) is 0 Å². The number of hydrogen-bond acceptors (Lipinski definition) is 8. The average Bonchev–Trinajstić information content (AvgIpc) is 3.28. The summed E-state index contributed by atoms with van der Waals surface area (Å²) in [5.74, 6) is 1.98. The zero-order chi connectivity index (χ0) is 16.8. The number of nitrogen functional groups attached to an aromatic ring is 1. The Morgan fingerprint density at radius 2 is 2.25 bits per heavy atom. The molecule has 0 radical (unpaired) electrons. The van der Waals surface area contributed by atoms with Crippen molar-refractivity contribution < 1.29 is 14.6 Å². The zero-order valence-corrected chi connectivity index (χ0v) is 14.3. The highest BCUT2D eigenvalue weighted by Gasteiger charge is 2.47. The van der Waals surface area contributed by atoms with Gasteiger partial charge in [-0.15, -0.1) is 0 Å². The highest BCUT2D eigenvalue weighted by Crippen LogP contribution is 2.44. The molecular formula is C15H21N5O3S. The lowest BCUT2D eigenvalue weighted by Gasteiger charge is -2.23. The molecule has 0 amide bonds. The van der Waals surface area contributed by atoms with Gasteiger partial charge in [0.2, 0.25) is 0 Å². The van der Waals surface area contributed by atoms with Crippen LogP contribution in [-0.4, -0.2) is 55.3 Å². The summed E-state index contributed by atoms with van der Waals surface area (Å²) in [6.07, 6.45) is 1.39. The maximum Gasteiger partial charge on any atom is 0.167 e. The summed E-state index contributed by atoms with van der Waals surface area (Å²) in [5, 5.41) is 10.5. The topological polar surface area (TPSA) is 108 Å². The van der Waals surface area contributed by atoms with Crippen molar-refractivity contribution in [2.75, 3.05) is 18.1 Å². The van der Waals surface area contributed by atoms with E-state index in [0.717, 1.165) is 18.7 Å². The summed E-state index contributed by atoms with van der Waals surface area (Å²) in [5.41, 5.74) is 7.16. The van der Waals surface area contributed by atoms with E-state index in [1.54, 1.807) is 0 Å². The number of thiol groups is 1. The second kappa shape index (κ2) is 6.14. The van der Waals surface area contributed by atoms with Crippen LogP contribution in [0.1, 0.15) is 37.7 Å². The minimum absolute atomic E-state index is 0.345. The minimum atomic E-state index is -0.754. The number of rotatable bonds is 5. The van der Waals surface area contributed by atoms with Crippen LogP contribution in [0.15, 0.2) is 6.33 Å². The molecule has 130 valence electrons. The molecule has 1 saturated carbocycles. The van der Waals surface area contributed by atoms with E-state index >= 15 is 0 Å². The maximum atomic E-state index is 10.5. The Hall–Kier alpha value is -1.42. The van der Waals surface area contributed by atoms with E-state index in [2.05, 4.69) is 27.6 Å². The summed E-state index contributed by atoms with van der Waals surface area (Å²) in [6, 6.07) is 0. The van der Waals surface area contributed by atoms with Crippen LogP contribution >= 0.6 is 12.6 Å². The predicted octanol–water partition coefficient (Wildman–Crippen LogP) is 0.879. The molecule has 2 aromatic rings. The molecule has 3 N–H and O–H groups in total. The molecule has 0 aromatic carbocycles. The van der Waals surface area contributed by atoms with E-state index in [1.165, 1.54) is 6.33 Å². The standard InChI is InChI=1S/C15H21N5O3S/c1-2-22-11-10(21)8(5-24)23-15(11)20-13(7-3-4-7)19-9-12(16)17-6-18-14(9)20/h6-8,10-11,15,21,24H,2-5H2,1H3,(H2,16,17,18)/t8-,10-,11-,15-/m1/s1. The van der Waals surface area contributed by atoms with Crippen molar-refractivity contribution in [3.05, 3.63) is 12.2 Å². The van der Waals surface area contributed by atoms with Crippen LogP contribution in [0.4, 0.5) is 5.82 Å². The normalized spacial score (nSPS) is 30.3. The smallest absolute Gasteiger partial charge is 0.167 e. The van der Waals surface area contributed by atoms with Gasteiger partial charge in [-0.2, -0.15) is 12.6 Å². The molecule has 0 unspecified atom stereocenters. The van der Waals surface area contributed by atoms with E-state index in [-0.39, 0.29) is 0 Å². The fraction of sp³-hybridized carbons (Fsp3) is 0.667. The van der Waals surface area contributed by atoms with Gasteiger partial charge in [-0.25, -0.2) is 15.0 Å². The lowest BCUT2D eigenvalue weighted by Crippen LogP contribution is -2.35. The highest BCUT2D eigenvalue weighted by molar-refractivity contribution is 7.80. The van der Waals surface area contributed by atoms with Crippen molar-refractivity contribution in [1.82, 2.24) is 19.5 Å². The van der Waals surface area contributed by atoms with E-state index in [9.17, 15) is 5.11 Å². The van der Waals surface area contributed by atoms with Crippen LogP contribution in [0.3, 0.4) is 0 Å². The first-order valence-corrected chi connectivity index (χ1v) is 8.83. The molecule has 1 saturated heterocycles. The van der Waals surface area contributed by atoms with Gasteiger partial charge in [-0.3, -0.25) is 4.57 Å². The molecule has 2 aliphatic rings. The van der Waals surface area contributed by atoms with Crippen molar-refractivity contribution in [2.45, 2.75) is 50.2 Å². The number of ether oxygens (including phenoxy) is 2. The van der Waals surface area contributed by atoms with Crippen molar-refractivity contribution in [2.24, 2.45) is 0 Å².